The fourth-order valence-corrected chi connectivity index (χ4v) is 2.21. The van der Waals surface area contributed by atoms with E-state index in [2.05, 4.69) is 15.4 Å². The number of aryl methyl sites for hydroxylation is 1. The van der Waals surface area contributed by atoms with Crippen LogP contribution in [0.25, 0.3) is 11.4 Å². The van der Waals surface area contributed by atoms with Gasteiger partial charge in [0.05, 0.1) is 6.42 Å². The zero-order valence-electron chi connectivity index (χ0n) is 12.6. The van der Waals surface area contributed by atoms with E-state index in [0.717, 1.165) is 11.1 Å². The molecule has 3 aromatic rings. The van der Waals surface area contributed by atoms with Crippen molar-refractivity contribution in [2.24, 2.45) is 7.05 Å². The van der Waals surface area contributed by atoms with Gasteiger partial charge >= 0.3 is 0 Å². The summed E-state index contributed by atoms with van der Waals surface area (Å²) in [5, 5.41) is 16.4. The first kappa shape index (κ1) is 14.8. The fraction of sp³-hybridized carbons (Fsp3) is 0.118. The van der Waals surface area contributed by atoms with Crippen LogP contribution in [0.4, 0.5) is 5.69 Å². The van der Waals surface area contributed by atoms with E-state index in [1.165, 1.54) is 0 Å². The molecule has 0 bridgehead atoms. The highest BCUT2D eigenvalue weighted by Gasteiger charge is 2.07. The standard InChI is InChI=1S/C17H16N4O2/c1-21-11-18-17(20-21)13-3-2-4-14(10-13)19-16(23)9-12-5-7-15(22)8-6-12/h2-8,10-11,22H,9H2,1H3,(H,19,23). The first-order chi connectivity index (χ1) is 11.1. The Bertz CT molecular complexity index is 825. The number of anilines is 1. The van der Waals surface area contributed by atoms with Crippen LogP contribution in [0.15, 0.2) is 54.9 Å². The van der Waals surface area contributed by atoms with E-state index in [0.29, 0.717) is 11.5 Å². The average Bonchev–Trinajstić information content (AvgIpc) is 2.96. The predicted molar refractivity (Wildman–Crippen MR) is 86.9 cm³/mol. The molecule has 23 heavy (non-hydrogen) atoms. The Hall–Kier alpha value is -3.15. The van der Waals surface area contributed by atoms with Gasteiger partial charge in [0.2, 0.25) is 5.91 Å². The predicted octanol–water partition coefficient (Wildman–Crippen LogP) is 2.37. The lowest BCUT2D eigenvalue weighted by Crippen LogP contribution is -2.14. The molecule has 0 aliphatic rings. The van der Waals surface area contributed by atoms with Gasteiger partial charge in [0.1, 0.15) is 12.1 Å². The largest absolute Gasteiger partial charge is 0.508 e. The maximum absolute atomic E-state index is 12.1. The Morgan fingerprint density at radius 1 is 1.22 bits per heavy atom. The summed E-state index contributed by atoms with van der Waals surface area (Å²) in [4.78, 5) is 16.3. The van der Waals surface area contributed by atoms with Crippen LogP contribution in [0.2, 0.25) is 0 Å². The average molecular weight is 308 g/mol. The molecule has 1 aromatic heterocycles. The van der Waals surface area contributed by atoms with Gasteiger partial charge in [-0.3, -0.25) is 9.48 Å². The molecule has 2 aromatic carbocycles. The minimum Gasteiger partial charge on any atom is -0.508 e. The van der Waals surface area contributed by atoms with Gasteiger partial charge < -0.3 is 10.4 Å². The molecule has 116 valence electrons. The molecule has 1 amide bonds. The number of carbonyl (C=O) groups is 1. The highest BCUT2D eigenvalue weighted by molar-refractivity contribution is 5.92. The van der Waals surface area contributed by atoms with E-state index in [4.69, 9.17) is 0 Å². The summed E-state index contributed by atoms with van der Waals surface area (Å²) in [5.41, 5.74) is 2.37. The van der Waals surface area contributed by atoms with Crippen molar-refractivity contribution in [2.45, 2.75) is 6.42 Å². The first-order valence-electron chi connectivity index (χ1n) is 7.14. The van der Waals surface area contributed by atoms with Crippen molar-refractivity contribution in [1.29, 1.82) is 0 Å². The van der Waals surface area contributed by atoms with Crippen LogP contribution in [0.5, 0.6) is 5.75 Å². The zero-order valence-corrected chi connectivity index (χ0v) is 12.6. The van der Waals surface area contributed by atoms with Crippen LogP contribution in [0, 0.1) is 0 Å². The minimum atomic E-state index is -0.123. The third-order valence-corrected chi connectivity index (χ3v) is 3.31. The summed E-state index contributed by atoms with van der Waals surface area (Å²) in [6.45, 7) is 0. The number of carbonyl (C=O) groups excluding carboxylic acids is 1. The van der Waals surface area contributed by atoms with Crippen LogP contribution in [0.1, 0.15) is 5.56 Å². The van der Waals surface area contributed by atoms with Crippen LogP contribution < -0.4 is 5.32 Å². The Morgan fingerprint density at radius 3 is 2.70 bits per heavy atom. The summed E-state index contributed by atoms with van der Waals surface area (Å²) < 4.78 is 1.63. The van der Waals surface area contributed by atoms with E-state index >= 15 is 0 Å². The lowest BCUT2D eigenvalue weighted by Gasteiger charge is -2.06. The molecule has 2 N–H and O–H groups in total. The van der Waals surface area contributed by atoms with Gasteiger partial charge in [-0.25, -0.2) is 4.98 Å². The Labute approximate surface area is 133 Å². The molecule has 1 heterocycles. The van der Waals surface area contributed by atoms with Crippen molar-refractivity contribution in [3.63, 3.8) is 0 Å². The third kappa shape index (κ3) is 3.74. The Morgan fingerprint density at radius 2 is 2.00 bits per heavy atom. The van der Waals surface area contributed by atoms with Gasteiger partial charge in [0, 0.05) is 18.3 Å². The third-order valence-electron chi connectivity index (χ3n) is 3.31. The van der Waals surface area contributed by atoms with Gasteiger partial charge in [0.15, 0.2) is 5.82 Å². The van der Waals surface area contributed by atoms with E-state index in [9.17, 15) is 9.90 Å². The normalized spacial score (nSPS) is 10.5. The Balaban J connectivity index is 1.70. The number of rotatable bonds is 4. The molecule has 6 nitrogen and oxygen atoms in total. The number of hydrogen-bond donors (Lipinski definition) is 2. The molecule has 0 aliphatic carbocycles. The highest BCUT2D eigenvalue weighted by Crippen LogP contribution is 2.19. The topological polar surface area (TPSA) is 80.0 Å². The van der Waals surface area contributed by atoms with E-state index in [1.54, 1.807) is 42.3 Å². The van der Waals surface area contributed by atoms with Crippen molar-refractivity contribution in [3.05, 3.63) is 60.4 Å². The van der Waals surface area contributed by atoms with Crippen molar-refractivity contribution < 1.29 is 9.90 Å². The number of benzene rings is 2. The summed E-state index contributed by atoms with van der Waals surface area (Å²) in [6, 6.07) is 14.0. The molecule has 0 spiro atoms. The maximum Gasteiger partial charge on any atom is 0.228 e. The molecule has 0 saturated carbocycles. The molecule has 0 fully saturated rings. The van der Waals surface area contributed by atoms with Gasteiger partial charge in [-0.1, -0.05) is 24.3 Å². The number of phenolic OH excluding ortho intramolecular Hbond substituents is 1. The molecular formula is C17H16N4O2. The summed E-state index contributed by atoms with van der Waals surface area (Å²) >= 11 is 0. The summed E-state index contributed by atoms with van der Waals surface area (Å²) in [5.74, 6) is 0.675. The van der Waals surface area contributed by atoms with E-state index < -0.39 is 0 Å². The second-order valence-electron chi connectivity index (χ2n) is 5.21. The number of amides is 1. The second-order valence-corrected chi connectivity index (χ2v) is 5.21. The number of phenols is 1. The van der Waals surface area contributed by atoms with E-state index in [1.807, 2.05) is 24.3 Å². The zero-order chi connectivity index (χ0) is 16.2. The van der Waals surface area contributed by atoms with Gasteiger partial charge in [-0.2, -0.15) is 5.10 Å². The van der Waals surface area contributed by atoms with Crippen molar-refractivity contribution >= 4 is 11.6 Å². The SMILES string of the molecule is Cn1cnc(-c2cccc(NC(=O)Cc3ccc(O)cc3)c2)n1. The number of aromatic nitrogens is 3. The van der Waals surface area contributed by atoms with Crippen molar-refractivity contribution in [2.75, 3.05) is 5.32 Å². The summed E-state index contributed by atoms with van der Waals surface area (Å²) in [7, 11) is 1.81. The monoisotopic (exact) mass is 308 g/mol. The molecule has 0 aliphatic heterocycles. The lowest BCUT2D eigenvalue weighted by molar-refractivity contribution is -0.115. The molecular weight excluding hydrogens is 292 g/mol. The van der Waals surface area contributed by atoms with Gasteiger partial charge in [0.25, 0.3) is 0 Å². The fourth-order valence-electron chi connectivity index (χ4n) is 2.21. The molecule has 0 radical (unpaired) electrons. The van der Waals surface area contributed by atoms with E-state index in [-0.39, 0.29) is 18.1 Å². The lowest BCUT2D eigenvalue weighted by atomic mass is 10.1. The van der Waals surface area contributed by atoms with Crippen molar-refractivity contribution in [3.8, 4) is 17.1 Å². The van der Waals surface area contributed by atoms with Gasteiger partial charge in [-0.05, 0) is 29.8 Å². The Kier molecular flexibility index (Phi) is 4.05. The summed E-state index contributed by atoms with van der Waals surface area (Å²) in [6.07, 6.45) is 1.87. The molecule has 0 saturated heterocycles. The van der Waals surface area contributed by atoms with Crippen LogP contribution in [-0.4, -0.2) is 25.8 Å². The first-order valence-corrected chi connectivity index (χ1v) is 7.14. The minimum absolute atomic E-state index is 0.123. The number of nitrogens with zero attached hydrogens (tertiary/aromatic N) is 3. The highest BCUT2D eigenvalue weighted by atomic mass is 16.3. The van der Waals surface area contributed by atoms with Crippen molar-refractivity contribution in [1.82, 2.24) is 14.8 Å². The molecule has 6 heteroatoms. The van der Waals surface area contributed by atoms with Crippen LogP contribution in [-0.2, 0) is 18.3 Å². The number of nitrogens with one attached hydrogen (secondary N) is 1. The molecule has 3 rings (SSSR count). The maximum atomic E-state index is 12.1. The number of hydrogen-bond acceptors (Lipinski definition) is 4. The molecule has 0 atom stereocenters. The quantitative estimate of drug-likeness (QED) is 0.775. The van der Waals surface area contributed by atoms with Gasteiger partial charge in [-0.15, -0.1) is 0 Å². The van der Waals surface area contributed by atoms with Crippen LogP contribution in [0.3, 0.4) is 0 Å². The van der Waals surface area contributed by atoms with Crippen LogP contribution >= 0.6 is 0 Å². The second kappa shape index (κ2) is 6.31. The smallest absolute Gasteiger partial charge is 0.228 e. The number of aromatic hydroxyl groups is 1. The molecule has 0 unspecified atom stereocenters.